The lowest BCUT2D eigenvalue weighted by Gasteiger charge is -2.33. The topological polar surface area (TPSA) is 12.5 Å². The van der Waals surface area contributed by atoms with E-state index < -0.39 is 0 Å². The summed E-state index contributed by atoms with van der Waals surface area (Å²) in [4.78, 5) is 2.51. The summed E-state index contributed by atoms with van der Waals surface area (Å²) in [7, 11) is 0. The lowest BCUT2D eigenvalue weighted by Crippen LogP contribution is -2.40. The van der Waals surface area contributed by atoms with Crippen molar-refractivity contribution in [3.05, 3.63) is 65.7 Å². The molecular formula is C22H29NO. The SMILES string of the molecule is CC(C)(C)c1ccc(OC2CCCN(Cc3ccccc3)C2)cc1. The number of piperidine rings is 1. The maximum absolute atomic E-state index is 6.25. The zero-order valence-corrected chi connectivity index (χ0v) is 15.2. The first-order valence-corrected chi connectivity index (χ1v) is 9.04. The number of benzene rings is 2. The van der Waals surface area contributed by atoms with Crippen molar-refractivity contribution in [3.8, 4) is 5.75 Å². The highest BCUT2D eigenvalue weighted by Crippen LogP contribution is 2.26. The van der Waals surface area contributed by atoms with Gasteiger partial charge in [0.15, 0.2) is 0 Å². The molecular weight excluding hydrogens is 294 g/mol. The second-order valence-corrected chi connectivity index (χ2v) is 7.88. The third kappa shape index (κ3) is 4.61. The Morgan fingerprint density at radius 2 is 1.71 bits per heavy atom. The molecule has 2 nitrogen and oxygen atoms in total. The molecule has 0 aliphatic carbocycles. The lowest BCUT2D eigenvalue weighted by atomic mass is 9.87. The first-order chi connectivity index (χ1) is 11.5. The summed E-state index contributed by atoms with van der Waals surface area (Å²) in [5, 5.41) is 0. The van der Waals surface area contributed by atoms with Crippen LogP contribution in [0.3, 0.4) is 0 Å². The summed E-state index contributed by atoms with van der Waals surface area (Å²) in [5.41, 5.74) is 2.92. The largest absolute Gasteiger partial charge is 0.489 e. The van der Waals surface area contributed by atoms with E-state index in [-0.39, 0.29) is 5.41 Å². The molecule has 0 aromatic heterocycles. The molecule has 3 rings (SSSR count). The Morgan fingerprint density at radius 1 is 1.00 bits per heavy atom. The summed E-state index contributed by atoms with van der Waals surface area (Å²) in [6.07, 6.45) is 2.65. The first-order valence-electron chi connectivity index (χ1n) is 9.04. The molecule has 2 heteroatoms. The molecule has 1 aliphatic heterocycles. The number of hydrogen-bond acceptors (Lipinski definition) is 2. The van der Waals surface area contributed by atoms with Crippen molar-refractivity contribution in [1.29, 1.82) is 0 Å². The standard InChI is InChI=1S/C22H29NO/c1-22(2,3)19-11-13-20(14-12-19)24-21-10-7-15-23(17-21)16-18-8-5-4-6-9-18/h4-6,8-9,11-14,21H,7,10,15-17H2,1-3H3. The van der Waals surface area contributed by atoms with Crippen molar-refractivity contribution in [2.45, 2.75) is 51.7 Å². The molecule has 1 heterocycles. The molecule has 1 fully saturated rings. The molecule has 2 aromatic rings. The van der Waals surface area contributed by atoms with Crippen molar-refractivity contribution in [1.82, 2.24) is 4.90 Å². The number of nitrogens with zero attached hydrogens (tertiary/aromatic N) is 1. The van der Waals surface area contributed by atoms with Gasteiger partial charge in [-0.05, 0) is 48.1 Å². The van der Waals surface area contributed by atoms with Gasteiger partial charge in [0.2, 0.25) is 0 Å². The molecule has 128 valence electrons. The van der Waals surface area contributed by atoms with Crippen LogP contribution in [0.1, 0.15) is 44.7 Å². The molecule has 0 amide bonds. The fourth-order valence-electron chi connectivity index (χ4n) is 3.32. The zero-order valence-electron chi connectivity index (χ0n) is 15.2. The lowest BCUT2D eigenvalue weighted by molar-refractivity contribution is 0.0843. The van der Waals surface area contributed by atoms with Crippen LogP contribution in [0.5, 0.6) is 5.75 Å². The average molecular weight is 323 g/mol. The second-order valence-electron chi connectivity index (χ2n) is 7.88. The Balaban J connectivity index is 1.57. The Bertz CT molecular complexity index is 627. The van der Waals surface area contributed by atoms with Crippen molar-refractivity contribution in [2.24, 2.45) is 0 Å². The number of ether oxygens (including phenoxy) is 1. The Hall–Kier alpha value is -1.80. The van der Waals surface area contributed by atoms with E-state index >= 15 is 0 Å². The van der Waals surface area contributed by atoms with Crippen molar-refractivity contribution in [3.63, 3.8) is 0 Å². The van der Waals surface area contributed by atoms with Crippen LogP contribution in [0.25, 0.3) is 0 Å². The number of hydrogen-bond donors (Lipinski definition) is 0. The van der Waals surface area contributed by atoms with Gasteiger partial charge in [-0.3, -0.25) is 4.90 Å². The van der Waals surface area contributed by atoms with Gasteiger partial charge in [0.1, 0.15) is 11.9 Å². The van der Waals surface area contributed by atoms with E-state index in [4.69, 9.17) is 4.74 Å². The van der Waals surface area contributed by atoms with Gasteiger partial charge in [0.25, 0.3) is 0 Å². The summed E-state index contributed by atoms with van der Waals surface area (Å²) in [6, 6.07) is 19.3. The highest BCUT2D eigenvalue weighted by Gasteiger charge is 2.21. The van der Waals surface area contributed by atoms with Gasteiger partial charge in [0, 0.05) is 13.1 Å². The van der Waals surface area contributed by atoms with E-state index in [1.807, 2.05) is 0 Å². The van der Waals surface area contributed by atoms with Crippen LogP contribution in [0, 0.1) is 0 Å². The fraction of sp³-hybridized carbons (Fsp3) is 0.455. The normalized spacial score (nSPS) is 19.2. The Labute approximate surface area is 146 Å². The summed E-state index contributed by atoms with van der Waals surface area (Å²) in [6.45, 7) is 9.92. The van der Waals surface area contributed by atoms with Gasteiger partial charge < -0.3 is 4.74 Å². The molecule has 2 aromatic carbocycles. The monoisotopic (exact) mass is 323 g/mol. The van der Waals surface area contributed by atoms with E-state index in [9.17, 15) is 0 Å². The van der Waals surface area contributed by atoms with Crippen LogP contribution in [0.15, 0.2) is 54.6 Å². The number of rotatable bonds is 4. The predicted octanol–water partition coefficient (Wildman–Crippen LogP) is 5.03. The zero-order chi connectivity index (χ0) is 17.0. The van der Waals surface area contributed by atoms with Crippen molar-refractivity contribution < 1.29 is 4.74 Å². The van der Waals surface area contributed by atoms with Crippen LogP contribution in [-0.4, -0.2) is 24.1 Å². The van der Waals surface area contributed by atoms with Gasteiger partial charge >= 0.3 is 0 Å². The van der Waals surface area contributed by atoms with E-state index in [2.05, 4.69) is 80.3 Å². The maximum Gasteiger partial charge on any atom is 0.119 e. The highest BCUT2D eigenvalue weighted by molar-refractivity contribution is 5.31. The van der Waals surface area contributed by atoms with Crippen LogP contribution in [0.4, 0.5) is 0 Å². The summed E-state index contributed by atoms with van der Waals surface area (Å²) >= 11 is 0. The quantitative estimate of drug-likeness (QED) is 0.782. The molecule has 24 heavy (non-hydrogen) atoms. The molecule has 1 aliphatic rings. The van der Waals surface area contributed by atoms with Crippen LogP contribution < -0.4 is 4.74 Å². The van der Waals surface area contributed by atoms with Gasteiger partial charge in [-0.2, -0.15) is 0 Å². The second kappa shape index (κ2) is 7.40. The highest BCUT2D eigenvalue weighted by atomic mass is 16.5. The van der Waals surface area contributed by atoms with Crippen LogP contribution in [0.2, 0.25) is 0 Å². The summed E-state index contributed by atoms with van der Waals surface area (Å²) in [5.74, 6) is 0.995. The van der Waals surface area contributed by atoms with Gasteiger partial charge in [-0.15, -0.1) is 0 Å². The third-order valence-corrected chi connectivity index (χ3v) is 4.73. The fourth-order valence-corrected chi connectivity index (χ4v) is 3.32. The Morgan fingerprint density at radius 3 is 2.38 bits per heavy atom. The van der Waals surface area contributed by atoms with Gasteiger partial charge in [-0.1, -0.05) is 63.2 Å². The third-order valence-electron chi connectivity index (χ3n) is 4.73. The Kier molecular flexibility index (Phi) is 5.25. The molecule has 0 spiro atoms. The van der Waals surface area contributed by atoms with Crippen LogP contribution >= 0.6 is 0 Å². The predicted molar refractivity (Wildman–Crippen MR) is 101 cm³/mol. The van der Waals surface area contributed by atoms with Crippen molar-refractivity contribution >= 4 is 0 Å². The number of likely N-dealkylation sites (tertiary alicyclic amines) is 1. The molecule has 0 N–H and O–H groups in total. The molecule has 1 saturated heterocycles. The summed E-state index contributed by atoms with van der Waals surface area (Å²) < 4.78 is 6.25. The van der Waals surface area contributed by atoms with E-state index in [1.54, 1.807) is 0 Å². The minimum atomic E-state index is 0.190. The molecule has 1 unspecified atom stereocenters. The molecule has 0 saturated carbocycles. The smallest absolute Gasteiger partial charge is 0.119 e. The molecule has 1 atom stereocenters. The molecule has 0 bridgehead atoms. The first kappa shape index (κ1) is 17.0. The minimum Gasteiger partial charge on any atom is -0.489 e. The van der Waals surface area contributed by atoms with E-state index in [0.717, 1.165) is 31.8 Å². The average Bonchev–Trinajstić information content (AvgIpc) is 2.56. The van der Waals surface area contributed by atoms with Gasteiger partial charge in [0.05, 0.1) is 0 Å². The molecule has 0 radical (unpaired) electrons. The maximum atomic E-state index is 6.25. The van der Waals surface area contributed by atoms with Crippen molar-refractivity contribution in [2.75, 3.05) is 13.1 Å². The minimum absolute atomic E-state index is 0.190. The van der Waals surface area contributed by atoms with E-state index in [1.165, 1.54) is 17.5 Å². The van der Waals surface area contributed by atoms with E-state index in [0.29, 0.717) is 6.10 Å². The van der Waals surface area contributed by atoms with Gasteiger partial charge in [-0.25, -0.2) is 0 Å². The van der Waals surface area contributed by atoms with Crippen LogP contribution in [-0.2, 0) is 12.0 Å².